The molecule has 0 bridgehead atoms. The maximum absolute atomic E-state index is 12.6. The summed E-state index contributed by atoms with van der Waals surface area (Å²) >= 11 is 0. The molecule has 0 heterocycles. The Morgan fingerprint density at radius 2 is 1.55 bits per heavy atom. The first-order chi connectivity index (χ1) is 14.8. The molecule has 3 aromatic rings. The van der Waals surface area contributed by atoms with Crippen LogP contribution in [0.25, 0.3) is 0 Å². The van der Waals surface area contributed by atoms with Crippen LogP contribution in [0.2, 0.25) is 0 Å². The van der Waals surface area contributed by atoms with E-state index in [4.69, 9.17) is 0 Å². The third kappa shape index (κ3) is 5.95. The van der Waals surface area contributed by atoms with Crippen molar-refractivity contribution in [2.24, 2.45) is 0 Å². The number of hydrogen-bond donors (Lipinski definition) is 3. The van der Waals surface area contributed by atoms with Gasteiger partial charge in [-0.15, -0.1) is 0 Å². The Morgan fingerprint density at radius 1 is 0.871 bits per heavy atom. The van der Waals surface area contributed by atoms with E-state index < -0.39 is 0 Å². The quantitative estimate of drug-likeness (QED) is 0.500. The second-order valence-corrected chi connectivity index (χ2v) is 7.86. The Bertz CT molecular complexity index is 1050. The molecule has 3 N–H and O–H groups in total. The highest BCUT2D eigenvalue weighted by Gasteiger charge is 2.13. The number of rotatable bonds is 7. The Balaban J connectivity index is 1.60. The molecule has 0 radical (unpaired) electrons. The fourth-order valence-electron chi connectivity index (χ4n) is 3.68. The molecular weight excluding hydrogens is 386 g/mol. The topological polar surface area (TPSA) is 70.2 Å². The first kappa shape index (κ1) is 22.1. The summed E-state index contributed by atoms with van der Waals surface area (Å²) in [6.07, 6.45) is 0. The van der Waals surface area contributed by atoms with Gasteiger partial charge in [0, 0.05) is 16.9 Å². The van der Waals surface area contributed by atoms with Gasteiger partial charge in [-0.25, -0.2) is 0 Å². The molecule has 5 heteroatoms. The van der Waals surface area contributed by atoms with Gasteiger partial charge in [-0.05, 0) is 62.6 Å². The van der Waals surface area contributed by atoms with Crippen LogP contribution in [0.1, 0.15) is 45.6 Å². The zero-order valence-electron chi connectivity index (χ0n) is 18.5. The third-order valence-electron chi connectivity index (χ3n) is 5.16. The maximum Gasteiger partial charge on any atom is 0.251 e. The van der Waals surface area contributed by atoms with Crippen molar-refractivity contribution in [3.05, 3.63) is 94.5 Å². The summed E-state index contributed by atoms with van der Waals surface area (Å²) in [5.41, 5.74) is 6.51. The first-order valence-electron chi connectivity index (χ1n) is 10.4. The Kier molecular flexibility index (Phi) is 7.08. The molecule has 2 amide bonds. The van der Waals surface area contributed by atoms with Crippen molar-refractivity contribution in [3.8, 4) is 0 Å². The fourth-order valence-corrected chi connectivity index (χ4v) is 3.68. The van der Waals surface area contributed by atoms with Gasteiger partial charge in [-0.3, -0.25) is 9.59 Å². The number of nitrogens with one attached hydrogen (secondary N) is 3. The van der Waals surface area contributed by atoms with E-state index in [1.807, 2.05) is 51.1 Å². The molecule has 0 aromatic heterocycles. The summed E-state index contributed by atoms with van der Waals surface area (Å²) in [5, 5.41) is 9.07. The molecule has 160 valence electrons. The second-order valence-electron chi connectivity index (χ2n) is 7.86. The average molecular weight is 416 g/mol. The minimum atomic E-state index is -0.184. The van der Waals surface area contributed by atoms with Crippen molar-refractivity contribution in [2.45, 2.75) is 33.7 Å². The van der Waals surface area contributed by atoms with Gasteiger partial charge < -0.3 is 16.0 Å². The summed E-state index contributed by atoms with van der Waals surface area (Å²) in [7, 11) is 0. The molecule has 5 nitrogen and oxygen atoms in total. The van der Waals surface area contributed by atoms with Gasteiger partial charge in [0.2, 0.25) is 5.91 Å². The zero-order valence-corrected chi connectivity index (χ0v) is 18.5. The van der Waals surface area contributed by atoms with E-state index in [0.29, 0.717) is 11.3 Å². The highest BCUT2D eigenvalue weighted by atomic mass is 16.2. The number of carbonyl (C=O) groups excluding carboxylic acids is 2. The van der Waals surface area contributed by atoms with E-state index in [-0.39, 0.29) is 24.4 Å². The summed E-state index contributed by atoms with van der Waals surface area (Å²) in [5.74, 6) is -0.355. The van der Waals surface area contributed by atoms with Crippen LogP contribution in [0.3, 0.4) is 0 Å². The van der Waals surface area contributed by atoms with Gasteiger partial charge in [0.1, 0.15) is 0 Å². The summed E-state index contributed by atoms with van der Waals surface area (Å²) in [6, 6.07) is 20.8. The van der Waals surface area contributed by atoms with Crippen LogP contribution >= 0.6 is 0 Å². The average Bonchev–Trinajstić information content (AvgIpc) is 2.73. The Morgan fingerprint density at radius 3 is 2.23 bits per heavy atom. The number of aryl methyl sites for hydroxylation is 3. The smallest absolute Gasteiger partial charge is 0.251 e. The van der Waals surface area contributed by atoms with Gasteiger partial charge in [0.05, 0.1) is 12.6 Å². The predicted molar refractivity (Wildman–Crippen MR) is 127 cm³/mol. The van der Waals surface area contributed by atoms with Crippen LogP contribution in [0.5, 0.6) is 0 Å². The standard InChI is InChI=1S/C26H29N3O2/c1-17-13-18(2)25(19(3)14-17)27-16-24(30)29-23-12-8-11-22(15-23)26(31)28-20(4)21-9-6-5-7-10-21/h5-15,20,27H,16H2,1-4H3,(H,28,31)(H,29,30). The second kappa shape index (κ2) is 9.94. The van der Waals surface area contributed by atoms with Crippen molar-refractivity contribution >= 4 is 23.2 Å². The number of amides is 2. The fraction of sp³-hybridized carbons (Fsp3) is 0.231. The zero-order chi connectivity index (χ0) is 22.4. The summed E-state index contributed by atoms with van der Waals surface area (Å²) < 4.78 is 0. The molecule has 1 unspecified atom stereocenters. The van der Waals surface area contributed by atoms with Crippen LogP contribution < -0.4 is 16.0 Å². The van der Waals surface area contributed by atoms with Gasteiger partial charge in [-0.1, -0.05) is 54.1 Å². The van der Waals surface area contributed by atoms with Gasteiger partial charge in [0.15, 0.2) is 0 Å². The summed E-state index contributed by atoms with van der Waals surface area (Å²) in [6.45, 7) is 8.20. The van der Waals surface area contributed by atoms with Gasteiger partial charge in [-0.2, -0.15) is 0 Å². The number of anilines is 2. The molecule has 0 fully saturated rings. The number of carbonyl (C=O) groups is 2. The van der Waals surface area contributed by atoms with E-state index in [9.17, 15) is 9.59 Å². The van der Waals surface area contributed by atoms with Crippen LogP contribution in [-0.4, -0.2) is 18.4 Å². The monoisotopic (exact) mass is 415 g/mol. The van der Waals surface area contributed by atoms with Crippen molar-refractivity contribution in [1.82, 2.24) is 5.32 Å². The van der Waals surface area contributed by atoms with Crippen molar-refractivity contribution in [1.29, 1.82) is 0 Å². The molecule has 0 saturated carbocycles. The normalized spacial score (nSPS) is 11.5. The highest BCUT2D eigenvalue weighted by molar-refractivity contribution is 5.98. The molecule has 31 heavy (non-hydrogen) atoms. The van der Waals surface area contributed by atoms with Crippen LogP contribution in [0.4, 0.5) is 11.4 Å². The Hall–Kier alpha value is -3.60. The molecule has 0 aliphatic heterocycles. The summed E-state index contributed by atoms with van der Waals surface area (Å²) in [4.78, 5) is 25.1. The maximum atomic E-state index is 12.6. The largest absolute Gasteiger partial charge is 0.376 e. The van der Waals surface area contributed by atoms with E-state index in [0.717, 1.165) is 22.4 Å². The minimum absolute atomic E-state index is 0.114. The molecule has 0 aliphatic carbocycles. The van der Waals surface area contributed by atoms with E-state index >= 15 is 0 Å². The van der Waals surface area contributed by atoms with Crippen molar-refractivity contribution < 1.29 is 9.59 Å². The van der Waals surface area contributed by atoms with Crippen LogP contribution in [0, 0.1) is 20.8 Å². The van der Waals surface area contributed by atoms with E-state index in [1.54, 1.807) is 24.3 Å². The molecule has 3 rings (SSSR count). The van der Waals surface area contributed by atoms with Gasteiger partial charge >= 0.3 is 0 Å². The van der Waals surface area contributed by atoms with Crippen LogP contribution in [0.15, 0.2) is 66.7 Å². The van der Waals surface area contributed by atoms with Crippen molar-refractivity contribution in [3.63, 3.8) is 0 Å². The molecular formula is C26H29N3O2. The molecule has 0 aliphatic rings. The first-order valence-corrected chi connectivity index (χ1v) is 10.4. The lowest BCUT2D eigenvalue weighted by molar-refractivity contribution is -0.114. The predicted octanol–water partition coefficient (Wildman–Crippen LogP) is 5.15. The van der Waals surface area contributed by atoms with E-state index in [2.05, 4.69) is 35.0 Å². The highest BCUT2D eigenvalue weighted by Crippen LogP contribution is 2.21. The molecule has 0 saturated heterocycles. The van der Waals surface area contributed by atoms with Gasteiger partial charge in [0.25, 0.3) is 5.91 Å². The van der Waals surface area contributed by atoms with E-state index in [1.165, 1.54) is 5.56 Å². The molecule has 1 atom stereocenters. The van der Waals surface area contributed by atoms with Crippen molar-refractivity contribution in [2.75, 3.05) is 17.2 Å². The third-order valence-corrected chi connectivity index (χ3v) is 5.16. The minimum Gasteiger partial charge on any atom is -0.376 e. The number of benzene rings is 3. The molecule has 3 aromatic carbocycles. The SMILES string of the molecule is Cc1cc(C)c(NCC(=O)Nc2cccc(C(=O)NC(C)c3ccccc3)c2)c(C)c1. The van der Waals surface area contributed by atoms with Crippen LogP contribution in [-0.2, 0) is 4.79 Å². The number of hydrogen-bond acceptors (Lipinski definition) is 3. The lowest BCUT2D eigenvalue weighted by atomic mass is 10.1. The lowest BCUT2D eigenvalue weighted by Gasteiger charge is -2.15. The molecule has 0 spiro atoms. The Labute approximate surface area is 183 Å². The lowest BCUT2D eigenvalue weighted by Crippen LogP contribution is -2.27.